The van der Waals surface area contributed by atoms with Crippen molar-refractivity contribution < 1.29 is 38.7 Å². The van der Waals surface area contributed by atoms with Gasteiger partial charge >= 0.3 is 0 Å². The van der Waals surface area contributed by atoms with E-state index in [9.17, 15) is 19.2 Å². The zero-order valence-electron chi connectivity index (χ0n) is 29.3. The highest BCUT2D eigenvalue weighted by molar-refractivity contribution is 5.99. The Hall–Kier alpha value is -4.75. The first-order valence-electron chi connectivity index (χ1n) is 15.6. The van der Waals surface area contributed by atoms with Gasteiger partial charge in [-0.3, -0.25) is 19.2 Å². The third-order valence-electron chi connectivity index (χ3n) is 6.92. The maximum atomic E-state index is 11.4. The molecule has 0 unspecified atom stereocenters. The van der Waals surface area contributed by atoms with E-state index in [0.29, 0.717) is 22.8 Å². The first kappa shape index (κ1) is 41.3. The highest BCUT2D eigenvalue weighted by Gasteiger charge is 2.24. The smallest absolute Gasteiger partial charge is 0.267 e. The number of anilines is 1. The molecule has 1 heterocycles. The summed E-state index contributed by atoms with van der Waals surface area (Å²) in [6.45, 7) is 17.6. The van der Waals surface area contributed by atoms with Gasteiger partial charge in [-0.15, -0.1) is 0 Å². The van der Waals surface area contributed by atoms with E-state index in [1.165, 1.54) is 11.6 Å². The molecule has 0 aliphatic carbocycles. The van der Waals surface area contributed by atoms with Crippen molar-refractivity contribution in [3.63, 3.8) is 0 Å². The Morgan fingerprint density at radius 3 is 1.75 bits per heavy atom. The van der Waals surface area contributed by atoms with E-state index in [2.05, 4.69) is 57.2 Å². The van der Waals surface area contributed by atoms with Gasteiger partial charge in [0, 0.05) is 22.7 Å². The van der Waals surface area contributed by atoms with Crippen LogP contribution in [0.5, 0.6) is 5.88 Å². The number of nitrogens with two attached hydrogens (primary N) is 3. The van der Waals surface area contributed by atoms with Crippen LogP contribution >= 0.6 is 0 Å². The lowest BCUT2D eigenvalue weighted by Gasteiger charge is -2.24. The molecule has 13 nitrogen and oxygen atoms in total. The fourth-order valence-corrected chi connectivity index (χ4v) is 4.29. The van der Waals surface area contributed by atoms with Crippen LogP contribution in [-0.4, -0.2) is 58.8 Å². The van der Waals surface area contributed by atoms with Gasteiger partial charge in [0.25, 0.3) is 11.8 Å². The summed E-state index contributed by atoms with van der Waals surface area (Å²) in [5.74, 6) is -1.08. The zero-order valence-corrected chi connectivity index (χ0v) is 29.3. The van der Waals surface area contributed by atoms with Crippen LogP contribution < -0.4 is 27.3 Å². The van der Waals surface area contributed by atoms with Crippen molar-refractivity contribution in [1.29, 1.82) is 0 Å². The number of primary amides is 3. The molecule has 0 radical (unpaired) electrons. The molecular weight excluding hydrogens is 618 g/mol. The van der Waals surface area contributed by atoms with Gasteiger partial charge in [-0.25, -0.2) is 0 Å². The Morgan fingerprint density at radius 2 is 1.35 bits per heavy atom. The number of carbonyl (C=O) groups is 4. The Labute approximate surface area is 282 Å². The summed E-state index contributed by atoms with van der Waals surface area (Å²) >= 11 is 0. The predicted octanol–water partition coefficient (Wildman–Crippen LogP) is 4.31. The summed E-state index contributed by atoms with van der Waals surface area (Å²) < 4.78 is 9.98. The lowest BCUT2D eigenvalue weighted by molar-refractivity contribution is -0.118. The Bertz CT molecular complexity index is 1520. The van der Waals surface area contributed by atoms with E-state index in [1.54, 1.807) is 12.1 Å². The first-order chi connectivity index (χ1) is 22.2. The summed E-state index contributed by atoms with van der Waals surface area (Å²) in [6, 6.07) is 10.9. The van der Waals surface area contributed by atoms with Crippen LogP contribution in [0.4, 0.5) is 5.69 Å². The van der Waals surface area contributed by atoms with Gasteiger partial charge in [-0.1, -0.05) is 74.4 Å². The van der Waals surface area contributed by atoms with Crippen LogP contribution in [0.3, 0.4) is 0 Å². The van der Waals surface area contributed by atoms with Crippen LogP contribution in [-0.2, 0) is 10.2 Å². The van der Waals surface area contributed by atoms with Crippen molar-refractivity contribution in [1.82, 2.24) is 5.16 Å². The van der Waals surface area contributed by atoms with E-state index in [1.807, 2.05) is 33.8 Å². The number of benzene rings is 2. The second kappa shape index (κ2) is 18.6. The normalized spacial score (nSPS) is 11.0. The highest BCUT2D eigenvalue weighted by Crippen LogP contribution is 2.32. The van der Waals surface area contributed by atoms with Crippen LogP contribution in [0, 0.1) is 0 Å². The maximum Gasteiger partial charge on any atom is 0.267 e. The molecule has 4 amide bonds. The lowest BCUT2D eigenvalue weighted by Crippen LogP contribution is -2.21. The molecule has 0 aliphatic rings. The summed E-state index contributed by atoms with van der Waals surface area (Å²) in [5.41, 5.74) is 20.2. The Morgan fingerprint density at radius 1 is 0.812 bits per heavy atom. The van der Waals surface area contributed by atoms with Gasteiger partial charge in [-0.2, -0.15) is 0 Å². The molecular formula is C35H51N5O8. The number of nitrogens with zero attached hydrogens (tertiary/aromatic N) is 1. The number of hydrogen-bond acceptors (Lipinski definition) is 9. The number of aromatic nitrogens is 1. The first-order valence-corrected chi connectivity index (χ1v) is 15.6. The van der Waals surface area contributed by atoms with Gasteiger partial charge in [0.1, 0.15) is 18.8 Å². The lowest BCUT2D eigenvalue weighted by atomic mass is 9.84. The molecule has 1 aromatic heterocycles. The molecule has 3 rings (SSSR count). The third-order valence-corrected chi connectivity index (χ3v) is 6.92. The summed E-state index contributed by atoms with van der Waals surface area (Å²) in [4.78, 5) is 44.6. The number of hydrogen-bond donors (Lipinski definition) is 6. The standard InChI is InChI=1S/C15H23NO2.C11H14N2O2.C9H14N2O4/c1-10(2)11-6-7-12(15(3,4)5)13(8-11)16-14(18)9-17;1-6(2)7-3-8(10(12)14)5-9(4-7)11(13)15;1-5(2)7-6(8(10)13)9(11-15-7)14-4-3-12/h6-8,10,17H,9H2,1-5H3,(H,16,18);3-6H,1-2H3,(H2,12,14)(H2,13,15);5,12H,3-4H2,1-2H3,(H2,10,13). The number of ether oxygens (including phenoxy) is 1. The highest BCUT2D eigenvalue weighted by atomic mass is 16.5. The van der Waals surface area contributed by atoms with E-state index in [-0.39, 0.29) is 47.8 Å². The third kappa shape index (κ3) is 12.5. The number of aliphatic hydroxyl groups is 2. The van der Waals surface area contributed by atoms with E-state index < -0.39 is 24.3 Å². The predicted molar refractivity (Wildman–Crippen MR) is 184 cm³/mol. The van der Waals surface area contributed by atoms with Crippen molar-refractivity contribution in [2.24, 2.45) is 17.2 Å². The largest absolute Gasteiger partial charge is 0.472 e. The van der Waals surface area contributed by atoms with Crippen LogP contribution in [0.2, 0.25) is 0 Å². The number of aliphatic hydroxyl groups excluding tert-OH is 2. The second-order valence-electron chi connectivity index (χ2n) is 13.0. The van der Waals surface area contributed by atoms with Crippen molar-refractivity contribution >= 4 is 29.3 Å². The topological polar surface area (TPSA) is 234 Å². The van der Waals surface area contributed by atoms with Crippen molar-refractivity contribution in [2.75, 3.05) is 25.1 Å². The molecule has 0 saturated carbocycles. The average molecular weight is 670 g/mol. The molecule has 0 saturated heterocycles. The van der Waals surface area contributed by atoms with Gasteiger partial charge in [-0.05, 0) is 63.4 Å². The van der Waals surface area contributed by atoms with Crippen LogP contribution in [0.1, 0.15) is 134 Å². The van der Waals surface area contributed by atoms with Crippen molar-refractivity contribution in [3.05, 3.63) is 75.5 Å². The molecule has 3 aromatic rings. The number of amides is 4. The molecule has 0 spiro atoms. The molecule has 2 aromatic carbocycles. The Kier molecular flexibility index (Phi) is 16.0. The number of carbonyl (C=O) groups excluding carboxylic acids is 4. The number of nitrogens with one attached hydrogen (secondary N) is 1. The van der Waals surface area contributed by atoms with Crippen LogP contribution in [0.25, 0.3) is 0 Å². The summed E-state index contributed by atoms with van der Waals surface area (Å²) in [6.07, 6.45) is 0. The maximum absolute atomic E-state index is 11.4. The minimum absolute atomic E-state index is 0.00789. The molecule has 13 heteroatoms. The minimum Gasteiger partial charge on any atom is -0.472 e. The Balaban J connectivity index is 0.000000362. The quantitative estimate of drug-likeness (QED) is 0.170. The minimum atomic E-state index is -0.645. The monoisotopic (exact) mass is 669 g/mol. The average Bonchev–Trinajstić information content (AvgIpc) is 3.44. The SMILES string of the molecule is CC(C)c1cc(C(N)=O)cc(C(N)=O)c1.CC(C)c1ccc(C(C)(C)C)c(NC(=O)CO)c1.CC(C)c1onc(OCCO)c1C(N)=O. The summed E-state index contributed by atoms with van der Waals surface area (Å²) in [5, 5.41) is 23.8. The van der Waals surface area contributed by atoms with Gasteiger partial charge in [0.05, 0.1) is 6.61 Å². The fraction of sp³-hybridized carbons (Fsp3) is 0.457. The molecule has 0 fully saturated rings. The number of rotatable bonds is 11. The zero-order chi connectivity index (χ0) is 36.9. The van der Waals surface area contributed by atoms with Gasteiger partial charge in [0.2, 0.25) is 17.7 Å². The van der Waals surface area contributed by atoms with Gasteiger partial charge in [0.15, 0.2) is 5.76 Å². The molecule has 0 bridgehead atoms. The van der Waals surface area contributed by atoms with Crippen molar-refractivity contribution in [2.45, 2.75) is 85.5 Å². The molecule has 264 valence electrons. The van der Waals surface area contributed by atoms with Crippen molar-refractivity contribution in [3.8, 4) is 5.88 Å². The molecule has 0 aliphatic heterocycles. The van der Waals surface area contributed by atoms with Crippen LogP contribution in [0.15, 0.2) is 40.9 Å². The molecule has 9 N–H and O–H groups in total. The summed E-state index contributed by atoms with van der Waals surface area (Å²) in [7, 11) is 0. The second-order valence-corrected chi connectivity index (χ2v) is 13.0. The van der Waals surface area contributed by atoms with E-state index in [0.717, 1.165) is 16.8 Å². The van der Waals surface area contributed by atoms with E-state index >= 15 is 0 Å². The molecule has 0 atom stereocenters. The van der Waals surface area contributed by atoms with E-state index in [4.69, 9.17) is 36.7 Å². The molecule has 48 heavy (non-hydrogen) atoms. The fourth-order valence-electron chi connectivity index (χ4n) is 4.29. The van der Waals surface area contributed by atoms with Gasteiger partial charge < -0.3 is 42.0 Å².